The minimum atomic E-state index is -0.477. The molecule has 0 radical (unpaired) electrons. The summed E-state index contributed by atoms with van der Waals surface area (Å²) in [5.41, 5.74) is 4.06. The van der Waals surface area contributed by atoms with Gasteiger partial charge in [-0.25, -0.2) is 0 Å². The SMILES string of the molecule is COc1c(F)cccc1Nc1c2[nH]c3c1C(=O)NC[C@@H]3[I-]N1CCC(CC1)Oc1cnccc1-2. The van der Waals surface area contributed by atoms with Crippen LogP contribution in [0.4, 0.5) is 15.8 Å². The molecule has 3 aromatic rings. The number of H-pyrrole nitrogens is 1. The Labute approximate surface area is 206 Å². The van der Waals surface area contributed by atoms with E-state index < -0.39 is 5.82 Å². The number of aromatic nitrogens is 2. The molecule has 4 bridgehead atoms. The molecule has 10 heteroatoms. The summed E-state index contributed by atoms with van der Waals surface area (Å²) in [4.78, 5) is 21.1. The van der Waals surface area contributed by atoms with E-state index in [1.54, 1.807) is 24.5 Å². The molecular weight excluding hydrogens is 552 g/mol. The Bertz CT molecular complexity index is 1260. The first-order chi connectivity index (χ1) is 16.6. The van der Waals surface area contributed by atoms with Gasteiger partial charge in [0.05, 0.1) is 0 Å². The van der Waals surface area contributed by atoms with Gasteiger partial charge in [-0.15, -0.1) is 0 Å². The molecule has 2 aromatic heterocycles. The Morgan fingerprint density at radius 3 is 2.97 bits per heavy atom. The molecule has 0 unspecified atom stereocenters. The average Bonchev–Trinajstić information content (AvgIpc) is 3.22. The molecule has 4 aliphatic rings. The molecule has 0 spiro atoms. The average molecular weight is 576 g/mol. The predicted molar refractivity (Wildman–Crippen MR) is 121 cm³/mol. The number of para-hydroxylation sites is 1. The monoisotopic (exact) mass is 576 g/mol. The summed E-state index contributed by atoms with van der Waals surface area (Å²) >= 11 is -0.363. The summed E-state index contributed by atoms with van der Waals surface area (Å²) in [5, 5.41) is 6.41. The van der Waals surface area contributed by atoms with Gasteiger partial charge in [-0.1, -0.05) is 0 Å². The van der Waals surface area contributed by atoms with Crippen molar-refractivity contribution in [3.63, 3.8) is 0 Å². The standard InChI is InChI=1S/C24H24FIN5O3/c1-33-23-15(25)3-2-4-17(23)29-22-19-21-16(11-28-24(19)32)26-31-9-6-13(7-10-31)34-18-12-27-8-5-14(18)20(22)30-21/h2-5,8,12-13,16,29-30H,6-7,9-11H2,1H3,(H,28,32)/q-1/t16-/m0/s1. The van der Waals surface area contributed by atoms with E-state index in [-0.39, 0.29) is 43.2 Å². The fraction of sp³-hybridized carbons (Fsp3) is 0.333. The van der Waals surface area contributed by atoms with Gasteiger partial charge in [-0.05, 0) is 0 Å². The molecule has 4 aliphatic heterocycles. The number of ether oxygens (including phenoxy) is 2. The molecule has 1 atom stereocenters. The molecule has 7 rings (SSSR count). The fourth-order valence-corrected chi connectivity index (χ4v) is 8.02. The number of carbonyl (C=O) groups is 1. The number of aromatic amines is 1. The number of nitrogens with one attached hydrogen (secondary N) is 3. The molecule has 6 heterocycles. The van der Waals surface area contributed by atoms with Gasteiger partial charge in [-0.3, -0.25) is 0 Å². The summed E-state index contributed by atoms with van der Waals surface area (Å²) < 4.78 is 29.0. The van der Waals surface area contributed by atoms with Gasteiger partial charge in [0.2, 0.25) is 0 Å². The molecule has 1 amide bonds. The van der Waals surface area contributed by atoms with Gasteiger partial charge in [-0.2, -0.15) is 0 Å². The Hall–Kier alpha value is -2.86. The van der Waals surface area contributed by atoms with Crippen LogP contribution in [0.15, 0.2) is 36.7 Å². The topological polar surface area (TPSA) is 91.5 Å². The first-order valence-corrected chi connectivity index (χ1v) is 13.5. The summed E-state index contributed by atoms with van der Waals surface area (Å²) in [6.45, 7) is 2.60. The molecular formula is C24H24FIN5O3-. The van der Waals surface area contributed by atoms with Crippen LogP contribution >= 0.6 is 0 Å². The minimum absolute atomic E-state index is 0.0943. The Morgan fingerprint density at radius 2 is 2.15 bits per heavy atom. The van der Waals surface area contributed by atoms with Crippen LogP contribution < -0.4 is 41.6 Å². The molecule has 178 valence electrons. The summed E-state index contributed by atoms with van der Waals surface area (Å²) in [5.74, 6) is 0.133. The van der Waals surface area contributed by atoms with Crippen molar-refractivity contribution in [2.45, 2.75) is 22.9 Å². The number of nitrogens with zero attached hydrogens (tertiary/aromatic N) is 2. The van der Waals surface area contributed by atoms with Crippen LogP contribution in [0.1, 0.15) is 32.8 Å². The number of piperidine rings is 1. The number of hydrogen-bond acceptors (Lipinski definition) is 6. The zero-order chi connectivity index (χ0) is 23.2. The number of anilines is 2. The van der Waals surface area contributed by atoms with Crippen molar-refractivity contribution >= 4 is 17.3 Å². The van der Waals surface area contributed by atoms with Gasteiger partial charge >= 0.3 is 207 Å². The van der Waals surface area contributed by atoms with Crippen molar-refractivity contribution in [1.82, 2.24) is 18.4 Å². The second-order valence-electron chi connectivity index (χ2n) is 8.48. The van der Waals surface area contributed by atoms with Crippen LogP contribution in [0.5, 0.6) is 11.5 Å². The van der Waals surface area contributed by atoms with E-state index in [0.29, 0.717) is 29.2 Å². The quantitative estimate of drug-likeness (QED) is 0.241. The van der Waals surface area contributed by atoms with Crippen LogP contribution in [-0.4, -0.2) is 51.8 Å². The molecule has 1 aromatic carbocycles. The van der Waals surface area contributed by atoms with Crippen molar-refractivity contribution in [3.05, 3.63) is 53.7 Å². The Balaban J connectivity index is 1.57. The second-order valence-corrected chi connectivity index (χ2v) is 11.9. The second kappa shape index (κ2) is 8.73. The van der Waals surface area contributed by atoms with Crippen LogP contribution in [-0.2, 0) is 0 Å². The molecule has 1 fully saturated rings. The zero-order valence-electron chi connectivity index (χ0n) is 18.5. The number of halogens is 2. The zero-order valence-corrected chi connectivity index (χ0v) is 20.7. The van der Waals surface area contributed by atoms with Crippen molar-refractivity contribution in [2.24, 2.45) is 0 Å². The Morgan fingerprint density at radius 1 is 1.29 bits per heavy atom. The van der Waals surface area contributed by atoms with E-state index in [0.717, 1.165) is 42.9 Å². The van der Waals surface area contributed by atoms with Gasteiger partial charge in [0.25, 0.3) is 0 Å². The van der Waals surface area contributed by atoms with Crippen LogP contribution in [0.25, 0.3) is 11.3 Å². The number of benzene rings is 1. The van der Waals surface area contributed by atoms with E-state index in [2.05, 4.69) is 23.7 Å². The van der Waals surface area contributed by atoms with Gasteiger partial charge in [0, 0.05) is 0 Å². The van der Waals surface area contributed by atoms with E-state index in [1.807, 2.05) is 6.07 Å². The van der Waals surface area contributed by atoms with Gasteiger partial charge < -0.3 is 0 Å². The van der Waals surface area contributed by atoms with Crippen molar-refractivity contribution < 1.29 is 40.1 Å². The summed E-state index contributed by atoms with van der Waals surface area (Å²) in [6.07, 6.45) is 5.51. The van der Waals surface area contributed by atoms with E-state index in [1.165, 1.54) is 13.2 Å². The number of alkyl halides is 1. The fourth-order valence-electron chi connectivity index (χ4n) is 4.79. The molecule has 3 N–H and O–H groups in total. The predicted octanol–water partition coefficient (Wildman–Crippen LogP) is 0.613. The number of hydrogen-bond donors (Lipinski definition) is 3. The normalized spacial score (nSPS) is 23.4. The van der Waals surface area contributed by atoms with Crippen LogP contribution in [0, 0.1) is 5.82 Å². The van der Waals surface area contributed by atoms with Crippen molar-refractivity contribution in [3.8, 4) is 22.8 Å². The van der Waals surface area contributed by atoms with Gasteiger partial charge in [0.15, 0.2) is 0 Å². The van der Waals surface area contributed by atoms with E-state index in [4.69, 9.17) is 9.47 Å². The van der Waals surface area contributed by atoms with Crippen LogP contribution in [0.3, 0.4) is 0 Å². The number of carbonyl (C=O) groups excluding carboxylic acids is 1. The molecule has 0 saturated carbocycles. The Kier molecular flexibility index (Phi) is 5.56. The number of methoxy groups -OCH3 is 1. The molecule has 34 heavy (non-hydrogen) atoms. The number of pyridine rings is 1. The van der Waals surface area contributed by atoms with Crippen LogP contribution in [0.2, 0.25) is 0 Å². The van der Waals surface area contributed by atoms with Crippen molar-refractivity contribution in [2.75, 3.05) is 32.1 Å². The van der Waals surface area contributed by atoms with Crippen molar-refractivity contribution in [1.29, 1.82) is 0 Å². The van der Waals surface area contributed by atoms with E-state index >= 15 is 0 Å². The summed E-state index contributed by atoms with van der Waals surface area (Å²) in [6, 6.07) is 6.59. The maximum absolute atomic E-state index is 14.5. The molecule has 8 nitrogen and oxygen atoms in total. The number of amides is 1. The third kappa shape index (κ3) is 3.68. The van der Waals surface area contributed by atoms with E-state index in [9.17, 15) is 9.18 Å². The number of rotatable bonds is 3. The summed E-state index contributed by atoms with van der Waals surface area (Å²) in [7, 11) is 1.43. The van der Waals surface area contributed by atoms with Gasteiger partial charge in [0.1, 0.15) is 0 Å². The first-order valence-electron chi connectivity index (χ1n) is 11.3. The first kappa shape index (κ1) is 21.7. The third-order valence-corrected chi connectivity index (χ3v) is 9.92. The number of fused-ring (bicyclic) bond motifs is 2. The molecule has 1 saturated heterocycles. The maximum atomic E-state index is 14.5. The third-order valence-electron chi connectivity index (χ3n) is 6.43. The molecule has 0 aliphatic carbocycles.